The minimum absolute atomic E-state index is 0.0613. The number of aliphatic hydroxyl groups excluding tert-OH is 2. The molecule has 0 aromatic rings. The van der Waals surface area contributed by atoms with Gasteiger partial charge in [-0.05, 0) is 13.8 Å². The lowest BCUT2D eigenvalue weighted by atomic mass is 10.0. The van der Waals surface area contributed by atoms with Crippen LogP contribution in [-0.2, 0) is 9.47 Å². The average molecular weight is 188 g/mol. The van der Waals surface area contributed by atoms with Crippen LogP contribution >= 0.6 is 0 Å². The van der Waals surface area contributed by atoms with Crippen LogP contribution in [0.4, 0.5) is 0 Å². The van der Waals surface area contributed by atoms with E-state index in [4.69, 9.17) is 9.47 Å². The minimum atomic E-state index is -0.693. The van der Waals surface area contributed by atoms with Gasteiger partial charge in [0.25, 0.3) is 0 Å². The molecule has 4 atom stereocenters. The Hall–Kier alpha value is -0.160. The molecule has 1 saturated heterocycles. The lowest BCUT2D eigenvalue weighted by Crippen LogP contribution is -2.45. The monoisotopic (exact) mass is 188 g/mol. The van der Waals surface area contributed by atoms with E-state index >= 15 is 0 Å². The third kappa shape index (κ3) is 1.59. The molecule has 2 unspecified atom stereocenters. The molecule has 4 nitrogen and oxygen atoms in total. The molecule has 2 N–H and O–H groups in total. The first-order chi connectivity index (χ1) is 5.99. The number of rotatable bonds is 0. The van der Waals surface area contributed by atoms with Crippen LogP contribution in [0.25, 0.3) is 0 Å². The third-order valence-corrected chi connectivity index (χ3v) is 2.84. The van der Waals surface area contributed by atoms with Crippen LogP contribution in [-0.4, -0.2) is 40.9 Å². The molecule has 1 aliphatic heterocycles. The van der Waals surface area contributed by atoms with Gasteiger partial charge in [-0.15, -0.1) is 0 Å². The molecule has 0 radical (unpaired) electrons. The molecule has 0 aromatic carbocycles. The molecular weight excluding hydrogens is 172 g/mol. The molecule has 2 aliphatic rings. The molecule has 13 heavy (non-hydrogen) atoms. The van der Waals surface area contributed by atoms with E-state index in [2.05, 4.69) is 0 Å². The topological polar surface area (TPSA) is 58.9 Å². The molecular formula is C9H16O4. The Morgan fingerprint density at radius 1 is 1.31 bits per heavy atom. The molecule has 2 fully saturated rings. The van der Waals surface area contributed by atoms with Crippen molar-refractivity contribution >= 4 is 0 Å². The first-order valence-corrected chi connectivity index (χ1v) is 4.67. The summed E-state index contributed by atoms with van der Waals surface area (Å²) in [4.78, 5) is 0. The van der Waals surface area contributed by atoms with E-state index in [9.17, 15) is 10.2 Å². The van der Waals surface area contributed by atoms with E-state index in [1.54, 1.807) is 0 Å². The van der Waals surface area contributed by atoms with Crippen molar-refractivity contribution in [1.82, 2.24) is 0 Å². The second-order valence-electron chi connectivity index (χ2n) is 4.32. The molecule has 76 valence electrons. The summed E-state index contributed by atoms with van der Waals surface area (Å²) in [6.45, 7) is 4.16. The summed E-state index contributed by atoms with van der Waals surface area (Å²) in [7, 11) is 0. The van der Waals surface area contributed by atoms with Crippen LogP contribution in [0, 0.1) is 5.92 Å². The molecule has 1 heterocycles. The second kappa shape index (κ2) is 2.92. The number of hydrogen-bond acceptors (Lipinski definition) is 4. The van der Waals surface area contributed by atoms with E-state index in [-0.39, 0.29) is 12.0 Å². The lowest BCUT2D eigenvalue weighted by Gasteiger charge is -2.38. The summed E-state index contributed by atoms with van der Waals surface area (Å²) in [5.41, 5.74) is 0. The maximum absolute atomic E-state index is 9.55. The Kier molecular flexibility index (Phi) is 2.11. The first kappa shape index (κ1) is 9.40. The zero-order valence-electron chi connectivity index (χ0n) is 7.93. The highest BCUT2D eigenvalue weighted by molar-refractivity contribution is 4.94. The summed E-state index contributed by atoms with van der Waals surface area (Å²) in [6.07, 6.45) is -0.902. The zero-order chi connectivity index (χ0) is 9.64. The van der Waals surface area contributed by atoms with Gasteiger partial charge in [-0.2, -0.15) is 0 Å². The van der Waals surface area contributed by atoms with Crippen molar-refractivity contribution < 1.29 is 19.7 Å². The molecule has 4 heteroatoms. The quantitative estimate of drug-likeness (QED) is 0.556. The Labute approximate surface area is 77.5 Å². The fourth-order valence-electron chi connectivity index (χ4n) is 2.09. The molecule has 1 saturated carbocycles. The van der Waals surface area contributed by atoms with Gasteiger partial charge in [0.15, 0.2) is 5.79 Å². The molecule has 1 aliphatic carbocycles. The molecule has 0 aromatic heterocycles. The fraction of sp³-hybridized carbons (Fsp3) is 1.00. The number of ether oxygens (including phenoxy) is 2. The largest absolute Gasteiger partial charge is 0.390 e. The number of hydrogen-bond donors (Lipinski definition) is 2. The predicted molar refractivity (Wildman–Crippen MR) is 45.0 cm³/mol. The van der Waals surface area contributed by atoms with Crippen LogP contribution in [0.1, 0.15) is 20.3 Å². The van der Waals surface area contributed by atoms with E-state index in [0.717, 1.165) is 0 Å². The highest BCUT2D eigenvalue weighted by atomic mass is 16.7. The van der Waals surface area contributed by atoms with E-state index < -0.39 is 18.0 Å². The molecule has 2 rings (SSSR count). The van der Waals surface area contributed by atoms with Crippen LogP contribution < -0.4 is 0 Å². The average Bonchev–Trinajstić information content (AvgIpc) is 2.25. The second-order valence-corrected chi connectivity index (χ2v) is 4.32. The van der Waals surface area contributed by atoms with Gasteiger partial charge in [0.05, 0.1) is 24.9 Å². The zero-order valence-corrected chi connectivity index (χ0v) is 7.93. The van der Waals surface area contributed by atoms with E-state index in [1.165, 1.54) is 0 Å². The highest BCUT2D eigenvalue weighted by Gasteiger charge is 2.48. The molecule has 0 spiro atoms. The summed E-state index contributed by atoms with van der Waals surface area (Å²) in [6, 6.07) is 0. The first-order valence-electron chi connectivity index (χ1n) is 4.67. The number of aliphatic hydroxyl groups is 2. The van der Waals surface area contributed by atoms with Crippen molar-refractivity contribution in [2.24, 2.45) is 5.92 Å². The van der Waals surface area contributed by atoms with Crippen molar-refractivity contribution in [1.29, 1.82) is 0 Å². The third-order valence-electron chi connectivity index (χ3n) is 2.84. The normalized spacial score (nSPS) is 48.9. The Bertz CT molecular complexity index is 204. The van der Waals surface area contributed by atoms with Gasteiger partial charge < -0.3 is 19.7 Å². The van der Waals surface area contributed by atoms with Gasteiger partial charge in [-0.1, -0.05) is 0 Å². The van der Waals surface area contributed by atoms with Gasteiger partial charge in [-0.3, -0.25) is 0 Å². The van der Waals surface area contributed by atoms with Crippen LogP contribution in [0.15, 0.2) is 0 Å². The van der Waals surface area contributed by atoms with Crippen molar-refractivity contribution in [3.05, 3.63) is 0 Å². The van der Waals surface area contributed by atoms with E-state index in [1.807, 2.05) is 13.8 Å². The lowest BCUT2D eigenvalue weighted by molar-refractivity contribution is -0.292. The highest BCUT2D eigenvalue weighted by Crippen LogP contribution is 2.37. The van der Waals surface area contributed by atoms with Crippen molar-refractivity contribution in [2.75, 3.05) is 6.61 Å². The van der Waals surface area contributed by atoms with E-state index in [0.29, 0.717) is 13.0 Å². The van der Waals surface area contributed by atoms with Gasteiger partial charge in [0.1, 0.15) is 0 Å². The number of fused-ring (bicyclic) bond motifs is 1. The summed E-state index contributed by atoms with van der Waals surface area (Å²) in [5.74, 6) is -0.645. The Morgan fingerprint density at radius 2 is 2.00 bits per heavy atom. The standard InChI is InChI=1S/C9H16O4/c1-9(2)12-4-5-7(13-9)3-6(10)8(5)11/h5-8,10-11H,3-4H2,1-2H3/t5-,6?,7-,8?/m1/s1. The van der Waals surface area contributed by atoms with Crippen molar-refractivity contribution in [3.63, 3.8) is 0 Å². The van der Waals surface area contributed by atoms with Crippen LogP contribution in [0.2, 0.25) is 0 Å². The SMILES string of the molecule is CC1(C)OC[C@H]2C(O)C(O)C[C@H]2O1. The fourth-order valence-corrected chi connectivity index (χ4v) is 2.09. The molecule has 0 amide bonds. The Balaban J connectivity index is 2.08. The maximum atomic E-state index is 9.55. The van der Waals surface area contributed by atoms with Crippen molar-refractivity contribution in [2.45, 2.75) is 44.4 Å². The van der Waals surface area contributed by atoms with Crippen LogP contribution in [0.5, 0.6) is 0 Å². The van der Waals surface area contributed by atoms with Gasteiger partial charge in [-0.25, -0.2) is 0 Å². The summed E-state index contributed by atoms with van der Waals surface area (Å²) in [5, 5.41) is 19.0. The molecule has 0 bridgehead atoms. The van der Waals surface area contributed by atoms with Gasteiger partial charge >= 0.3 is 0 Å². The van der Waals surface area contributed by atoms with Gasteiger partial charge in [0, 0.05) is 12.3 Å². The van der Waals surface area contributed by atoms with Gasteiger partial charge in [0.2, 0.25) is 0 Å². The van der Waals surface area contributed by atoms with Crippen LogP contribution in [0.3, 0.4) is 0 Å². The summed E-state index contributed by atoms with van der Waals surface area (Å²) >= 11 is 0. The Morgan fingerprint density at radius 3 is 2.69 bits per heavy atom. The summed E-state index contributed by atoms with van der Waals surface area (Å²) < 4.78 is 11.0. The smallest absolute Gasteiger partial charge is 0.163 e. The van der Waals surface area contributed by atoms with Crippen molar-refractivity contribution in [3.8, 4) is 0 Å². The minimum Gasteiger partial charge on any atom is -0.390 e. The predicted octanol–water partition coefficient (Wildman–Crippen LogP) is -0.120. The maximum Gasteiger partial charge on any atom is 0.163 e.